The standard InChI is InChI=1S/C14H23N3S/c15-13-1-5-16(6-2-13)8-9-17-7-3-14-12(11-17)4-10-18-14/h4,10,13H,1-3,5-9,11,15H2. The number of nitrogens with zero attached hydrogens (tertiary/aromatic N) is 2. The summed E-state index contributed by atoms with van der Waals surface area (Å²) in [6, 6.07) is 2.75. The number of fused-ring (bicyclic) bond motifs is 1. The van der Waals surface area contributed by atoms with Crippen LogP contribution >= 0.6 is 11.3 Å². The summed E-state index contributed by atoms with van der Waals surface area (Å²) >= 11 is 1.92. The van der Waals surface area contributed by atoms with Gasteiger partial charge >= 0.3 is 0 Å². The Morgan fingerprint density at radius 2 is 1.94 bits per heavy atom. The lowest BCUT2D eigenvalue weighted by Crippen LogP contribution is -2.43. The van der Waals surface area contributed by atoms with Crippen molar-refractivity contribution in [2.24, 2.45) is 5.73 Å². The van der Waals surface area contributed by atoms with Crippen molar-refractivity contribution in [1.29, 1.82) is 0 Å². The average molecular weight is 265 g/mol. The van der Waals surface area contributed by atoms with Crippen LogP contribution in [0, 0.1) is 0 Å². The molecule has 3 heterocycles. The van der Waals surface area contributed by atoms with Crippen LogP contribution in [-0.4, -0.2) is 48.6 Å². The third kappa shape index (κ3) is 2.94. The van der Waals surface area contributed by atoms with Crippen LogP contribution in [0.2, 0.25) is 0 Å². The fourth-order valence-electron chi connectivity index (χ4n) is 2.96. The van der Waals surface area contributed by atoms with Gasteiger partial charge in [0.05, 0.1) is 0 Å². The molecule has 0 amide bonds. The van der Waals surface area contributed by atoms with Crippen molar-refractivity contribution in [2.45, 2.75) is 31.8 Å². The van der Waals surface area contributed by atoms with Crippen LogP contribution in [0.25, 0.3) is 0 Å². The van der Waals surface area contributed by atoms with E-state index in [9.17, 15) is 0 Å². The predicted octanol–water partition coefficient (Wildman–Crippen LogP) is 1.53. The molecule has 0 saturated carbocycles. The molecular formula is C14H23N3S. The molecule has 0 radical (unpaired) electrons. The molecule has 0 aliphatic carbocycles. The second-order valence-corrected chi connectivity index (χ2v) is 6.57. The van der Waals surface area contributed by atoms with Gasteiger partial charge in [-0.1, -0.05) is 0 Å². The largest absolute Gasteiger partial charge is 0.328 e. The summed E-state index contributed by atoms with van der Waals surface area (Å²) in [7, 11) is 0. The summed E-state index contributed by atoms with van der Waals surface area (Å²) in [5.41, 5.74) is 7.50. The predicted molar refractivity (Wildman–Crippen MR) is 76.9 cm³/mol. The zero-order valence-corrected chi connectivity index (χ0v) is 11.8. The fourth-order valence-corrected chi connectivity index (χ4v) is 3.85. The average Bonchev–Trinajstić information content (AvgIpc) is 2.85. The quantitative estimate of drug-likeness (QED) is 0.899. The van der Waals surface area contributed by atoms with Crippen molar-refractivity contribution in [3.63, 3.8) is 0 Å². The number of nitrogens with two attached hydrogens (primary N) is 1. The van der Waals surface area contributed by atoms with Gasteiger partial charge in [-0.2, -0.15) is 0 Å². The second kappa shape index (κ2) is 5.70. The van der Waals surface area contributed by atoms with E-state index in [-0.39, 0.29) is 0 Å². The van der Waals surface area contributed by atoms with Gasteiger partial charge in [0.25, 0.3) is 0 Å². The maximum absolute atomic E-state index is 5.94. The summed E-state index contributed by atoms with van der Waals surface area (Å²) in [5, 5.41) is 2.24. The highest BCUT2D eigenvalue weighted by molar-refractivity contribution is 7.10. The molecule has 0 spiro atoms. The lowest BCUT2D eigenvalue weighted by atomic mass is 10.1. The highest BCUT2D eigenvalue weighted by atomic mass is 32.1. The summed E-state index contributed by atoms with van der Waals surface area (Å²) in [5.74, 6) is 0. The molecule has 0 bridgehead atoms. The number of piperidine rings is 1. The summed E-state index contributed by atoms with van der Waals surface area (Å²) in [6.45, 7) is 7.21. The summed E-state index contributed by atoms with van der Waals surface area (Å²) in [6.07, 6.45) is 3.60. The highest BCUT2D eigenvalue weighted by Gasteiger charge is 2.19. The number of hydrogen-bond donors (Lipinski definition) is 1. The third-order valence-electron chi connectivity index (χ3n) is 4.25. The Morgan fingerprint density at radius 3 is 2.78 bits per heavy atom. The third-order valence-corrected chi connectivity index (χ3v) is 5.27. The normalized spacial score (nSPS) is 23.2. The molecule has 0 aromatic carbocycles. The minimum Gasteiger partial charge on any atom is -0.328 e. The number of thiophene rings is 1. The first-order valence-electron chi connectivity index (χ1n) is 7.07. The first-order chi connectivity index (χ1) is 8.81. The first-order valence-corrected chi connectivity index (χ1v) is 7.95. The van der Waals surface area contributed by atoms with Crippen LogP contribution in [0.3, 0.4) is 0 Å². The Kier molecular flexibility index (Phi) is 3.99. The monoisotopic (exact) mass is 265 g/mol. The zero-order chi connectivity index (χ0) is 12.4. The maximum atomic E-state index is 5.94. The molecule has 18 heavy (non-hydrogen) atoms. The van der Waals surface area contributed by atoms with Crippen LogP contribution < -0.4 is 5.73 Å². The van der Waals surface area contributed by atoms with E-state index in [4.69, 9.17) is 5.73 Å². The number of hydrogen-bond acceptors (Lipinski definition) is 4. The molecule has 100 valence electrons. The van der Waals surface area contributed by atoms with E-state index in [1.54, 1.807) is 10.4 Å². The molecule has 1 aromatic heterocycles. The fraction of sp³-hybridized carbons (Fsp3) is 0.714. The zero-order valence-electron chi connectivity index (χ0n) is 11.0. The molecule has 4 heteroatoms. The molecule has 1 fully saturated rings. The van der Waals surface area contributed by atoms with Gasteiger partial charge in [0.15, 0.2) is 0 Å². The highest BCUT2D eigenvalue weighted by Crippen LogP contribution is 2.23. The van der Waals surface area contributed by atoms with Crippen molar-refractivity contribution in [2.75, 3.05) is 32.7 Å². The Balaban J connectivity index is 1.44. The first kappa shape index (κ1) is 12.6. The molecule has 3 rings (SSSR count). The lowest BCUT2D eigenvalue weighted by Gasteiger charge is -2.33. The van der Waals surface area contributed by atoms with E-state index < -0.39 is 0 Å². The maximum Gasteiger partial charge on any atom is 0.0245 e. The van der Waals surface area contributed by atoms with Crippen LogP contribution in [0.4, 0.5) is 0 Å². The summed E-state index contributed by atoms with van der Waals surface area (Å²) < 4.78 is 0. The molecule has 0 unspecified atom stereocenters. The van der Waals surface area contributed by atoms with Crippen molar-refractivity contribution in [1.82, 2.24) is 9.80 Å². The van der Waals surface area contributed by atoms with Crippen LogP contribution in [0.1, 0.15) is 23.3 Å². The summed E-state index contributed by atoms with van der Waals surface area (Å²) in [4.78, 5) is 6.78. The molecule has 2 N–H and O–H groups in total. The van der Waals surface area contributed by atoms with Gasteiger partial charge in [-0.25, -0.2) is 0 Å². The molecule has 1 aromatic rings. The van der Waals surface area contributed by atoms with E-state index in [0.717, 1.165) is 6.54 Å². The van der Waals surface area contributed by atoms with Crippen LogP contribution in [0.15, 0.2) is 11.4 Å². The van der Waals surface area contributed by atoms with Gasteiger partial charge in [0.1, 0.15) is 0 Å². The van der Waals surface area contributed by atoms with Gasteiger partial charge in [-0.05, 0) is 49.4 Å². The topological polar surface area (TPSA) is 32.5 Å². The smallest absolute Gasteiger partial charge is 0.0245 e. The van der Waals surface area contributed by atoms with Gasteiger partial charge in [0, 0.05) is 37.1 Å². The van der Waals surface area contributed by atoms with Gasteiger partial charge < -0.3 is 10.6 Å². The van der Waals surface area contributed by atoms with E-state index in [1.807, 2.05) is 11.3 Å². The van der Waals surface area contributed by atoms with Crippen molar-refractivity contribution < 1.29 is 0 Å². The molecule has 3 nitrogen and oxygen atoms in total. The van der Waals surface area contributed by atoms with Crippen molar-refractivity contribution in [3.05, 3.63) is 21.9 Å². The number of likely N-dealkylation sites (tertiary alicyclic amines) is 1. The SMILES string of the molecule is NC1CCN(CCN2CCc3sccc3C2)CC1. The van der Waals surface area contributed by atoms with Gasteiger partial charge in [-0.15, -0.1) is 11.3 Å². The Hall–Kier alpha value is -0.420. The van der Waals surface area contributed by atoms with E-state index >= 15 is 0 Å². The van der Waals surface area contributed by atoms with Gasteiger partial charge in [0.2, 0.25) is 0 Å². The molecule has 2 aliphatic heterocycles. The molecular weight excluding hydrogens is 242 g/mol. The minimum atomic E-state index is 0.449. The lowest BCUT2D eigenvalue weighted by molar-refractivity contribution is 0.167. The molecule has 0 atom stereocenters. The molecule has 1 saturated heterocycles. The number of rotatable bonds is 3. The van der Waals surface area contributed by atoms with Crippen LogP contribution in [-0.2, 0) is 13.0 Å². The van der Waals surface area contributed by atoms with E-state index in [1.165, 1.54) is 52.0 Å². The van der Waals surface area contributed by atoms with Crippen molar-refractivity contribution >= 4 is 11.3 Å². The van der Waals surface area contributed by atoms with Crippen LogP contribution in [0.5, 0.6) is 0 Å². The molecule has 2 aliphatic rings. The van der Waals surface area contributed by atoms with E-state index in [2.05, 4.69) is 21.2 Å². The van der Waals surface area contributed by atoms with Gasteiger partial charge in [-0.3, -0.25) is 4.90 Å². The Morgan fingerprint density at radius 1 is 1.17 bits per heavy atom. The van der Waals surface area contributed by atoms with E-state index in [0.29, 0.717) is 6.04 Å². The Labute approximate surface area is 114 Å². The minimum absolute atomic E-state index is 0.449. The van der Waals surface area contributed by atoms with Crippen molar-refractivity contribution in [3.8, 4) is 0 Å². The Bertz CT molecular complexity index is 382. The second-order valence-electron chi connectivity index (χ2n) is 5.57.